The number of carbonyl (C=O) groups is 1. The van der Waals surface area contributed by atoms with Crippen molar-refractivity contribution in [2.75, 3.05) is 31.2 Å². The molecule has 0 bridgehead atoms. The van der Waals surface area contributed by atoms with Gasteiger partial charge in [-0.2, -0.15) is 5.10 Å². The van der Waals surface area contributed by atoms with Crippen molar-refractivity contribution in [2.24, 2.45) is 5.10 Å². The fraction of sp³-hybridized carbons (Fsp3) is 0.182. The fourth-order valence-corrected chi connectivity index (χ4v) is 3.76. The number of hydrogen-bond donors (Lipinski definition) is 2. The average molecular weight is 465 g/mol. The molecule has 12 nitrogen and oxygen atoms in total. The molecule has 1 saturated heterocycles. The molecular weight excluding hydrogens is 446 g/mol. The Balaban J connectivity index is 1.66. The Bertz CT molecular complexity index is 1280. The Morgan fingerprint density at radius 3 is 2.35 bits per heavy atom. The zero-order valence-corrected chi connectivity index (χ0v) is 17.7. The molecule has 0 atom stereocenters. The highest BCUT2D eigenvalue weighted by Gasteiger charge is 2.33. The SMILES string of the molecule is O=C(N/N=C/c1c(O)ccc2ccccc12)c1cc([N+](=O)[O-])c(N2CCOCC2)c([N+](=O)[O-])c1. The Labute approximate surface area is 192 Å². The van der Waals surface area contributed by atoms with Crippen LogP contribution in [0.2, 0.25) is 0 Å². The van der Waals surface area contributed by atoms with Crippen LogP contribution in [0.1, 0.15) is 15.9 Å². The number of phenolic OH excluding ortho intramolecular Hbond substituents is 1. The summed E-state index contributed by atoms with van der Waals surface area (Å²) in [7, 11) is 0. The van der Waals surface area contributed by atoms with Gasteiger partial charge in [-0.25, -0.2) is 5.43 Å². The van der Waals surface area contributed by atoms with Crippen LogP contribution in [-0.4, -0.2) is 53.4 Å². The van der Waals surface area contributed by atoms with Gasteiger partial charge in [-0.1, -0.05) is 30.3 Å². The lowest BCUT2D eigenvalue weighted by molar-refractivity contribution is -0.392. The Hall–Kier alpha value is -4.58. The van der Waals surface area contributed by atoms with Crippen LogP contribution in [0.15, 0.2) is 53.6 Å². The highest BCUT2D eigenvalue weighted by molar-refractivity contribution is 6.03. The molecule has 0 unspecified atom stereocenters. The molecule has 12 heteroatoms. The number of hydrogen-bond acceptors (Lipinski definition) is 9. The van der Waals surface area contributed by atoms with E-state index in [4.69, 9.17) is 4.74 Å². The molecule has 0 aromatic heterocycles. The van der Waals surface area contributed by atoms with Gasteiger partial charge in [0.25, 0.3) is 17.3 Å². The van der Waals surface area contributed by atoms with Gasteiger partial charge in [-0.05, 0) is 16.8 Å². The monoisotopic (exact) mass is 465 g/mol. The predicted octanol–water partition coefficient (Wildman–Crippen LogP) is 2.96. The summed E-state index contributed by atoms with van der Waals surface area (Å²) in [6.07, 6.45) is 1.24. The van der Waals surface area contributed by atoms with Crippen LogP contribution in [0, 0.1) is 20.2 Å². The molecule has 3 aromatic rings. The maximum absolute atomic E-state index is 12.7. The molecule has 1 fully saturated rings. The fourth-order valence-electron chi connectivity index (χ4n) is 3.76. The van der Waals surface area contributed by atoms with Crippen LogP contribution in [0.25, 0.3) is 10.8 Å². The van der Waals surface area contributed by atoms with Crippen LogP contribution in [0.3, 0.4) is 0 Å². The van der Waals surface area contributed by atoms with E-state index in [2.05, 4.69) is 10.5 Å². The maximum atomic E-state index is 12.7. The second-order valence-corrected chi connectivity index (χ2v) is 7.40. The van der Waals surface area contributed by atoms with Crippen molar-refractivity contribution in [2.45, 2.75) is 0 Å². The molecule has 34 heavy (non-hydrogen) atoms. The number of aromatic hydroxyl groups is 1. The first-order chi connectivity index (χ1) is 16.4. The topological polar surface area (TPSA) is 160 Å². The van der Waals surface area contributed by atoms with Crippen molar-refractivity contribution in [1.29, 1.82) is 0 Å². The third kappa shape index (κ3) is 4.47. The van der Waals surface area contributed by atoms with Gasteiger partial charge < -0.3 is 14.7 Å². The number of nitrogens with one attached hydrogen (secondary N) is 1. The van der Waals surface area contributed by atoms with Crippen LogP contribution >= 0.6 is 0 Å². The molecule has 1 aliphatic rings. The van der Waals surface area contributed by atoms with Crippen molar-refractivity contribution >= 4 is 40.0 Å². The van der Waals surface area contributed by atoms with E-state index in [9.17, 15) is 30.1 Å². The predicted molar refractivity (Wildman–Crippen MR) is 123 cm³/mol. The standard InChI is InChI=1S/C22H19N5O7/c28-20-6-5-14-3-1-2-4-16(14)17(20)13-23-24-22(29)15-11-18(26(30)31)21(19(12-15)27(32)33)25-7-9-34-10-8-25/h1-6,11-13,28H,7-10H2,(H,24,29)/b23-13+. The normalized spacial score (nSPS) is 13.8. The zero-order valence-electron chi connectivity index (χ0n) is 17.7. The van der Waals surface area contributed by atoms with Crippen LogP contribution in [0.5, 0.6) is 5.75 Å². The third-order valence-corrected chi connectivity index (χ3v) is 5.36. The van der Waals surface area contributed by atoms with Crippen molar-refractivity contribution < 1.29 is 24.5 Å². The third-order valence-electron chi connectivity index (χ3n) is 5.36. The number of carbonyl (C=O) groups excluding carboxylic acids is 1. The summed E-state index contributed by atoms with van der Waals surface area (Å²) in [5.74, 6) is -0.937. The quantitative estimate of drug-likeness (QED) is 0.319. The largest absolute Gasteiger partial charge is 0.507 e. The molecular formula is C22H19N5O7. The van der Waals surface area contributed by atoms with E-state index in [1.54, 1.807) is 18.2 Å². The lowest BCUT2D eigenvalue weighted by Crippen LogP contribution is -2.37. The Morgan fingerprint density at radius 2 is 1.71 bits per heavy atom. The van der Waals surface area contributed by atoms with Gasteiger partial charge in [-0.15, -0.1) is 0 Å². The molecule has 1 amide bonds. The second-order valence-electron chi connectivity index (χ2n) is 7.40. The lowest BCUT2D eigenvalue weighted by Gasteiger charge is -2.28. The van der Waals surface area contributed by atoms with Crippen LogP contribution < -0.4 is 10.3 Å². The number of benzene rings is 3. The number of ether oxygens (including phenoxy) is 1. The number of hydrazone groups is 1. The highest BCUT2D eigenvalue weighted by atomic mass is 16.6. The van der Waals surface area contributed by atoms with Gasteiger partial charge in [0.2, 0.25) is 0 Å². The summed E-state index contributed by atoms with van der Waals surface area (Å²) in [6.45, 7) is 1.02. The van der Waals surface area contributed by atoms with E-state index in [0.29, 0.717) is 10.9 Å². The number of nitro groups is 2. The van der Waals surface area contributed by atoms with Gasteiger partial charge in [0.05, 0.1) is 34.8 Å². The summed E-state index contributed by atoms with van der Waals surface area (Å²) in [6, 6.07) is 12.4. The van der Waals surface area contributed by atoms with Crippen molar-refractivity contribution in [3.05, 3.63) is 79.9 Å². The molecule has 1 heterocycles. The Morgan fingerprint density at radius 1 is 1.06 bits per heavy atom. The zero-order chi connectivity index (χ0) is 24.2. The lowest BCUT2D eigenvalue weighted by atomic mass is 10.0. The number of anilines is 1. The summed E-state index contributed by atoms with van der Waals surface area (Å²) >= 11 is 0. The number of fused-ring (bicyclic) bond motifs is 1. The number of rotatable bonds is 6. The molecule has 3 aromatic carbocycles. The molecule has 1 aliphatic heterocycles. The molecule has 0 radical (unpaired) electrons. The Kier molecular flexibility index (Phi) is 6.32. The van der Waals surface area contributed by atoms with E-state index in [0.717, 1.165) is 17.5 Å². The van der Waals surface area contributed by atoms with E-state index in [1.165, 1.54) is 17.2 Å². The number of nitro benzene ring substituents is 2. The summed E-state index contributed by atoms with van der Waals surface area (Å²) in [5.41, 5.74) is 0.990. The van der Waals surface area contributed by atoms with E-state index in [-0.39, 0.29) is 43.3 Å². The van der Waals surface area contributed by atoms with Gasteiger partial charge in [-0.3, -0.25) is 25.0 Å². The molecule has 0 aliphatic carbocycles. The van der Waals surface area contributed by atoms with E-state index >= 15 is 0 Å². The summed E-state index contributed by atoms with van der Waals surface area (Å²) in [5, 5.41) is 39.0. The van der Waals surface area contributed by atoms with Crippen molar-refractivity contribution in [1.82, 2.24) is 5.43 Å². The van der Waals surface area contributed by atoms with Crippen LogP contribution in [-0.2, 0) is 4.74 Å². The first-order valence-electron chi connectivity index (χ1n) is 10.2. The number of morpholine rings is 1. The molecule has 2 N–H and O–H groups in total. The minimum Gasteiger partial charge on any atom is -0.507 e. The van der Waals surface area contributed by atoms with Gasteiger partial charge >= 0.3 is 0 Å². The smallest absolute Gasteiger partial charge is 0.300 e. The average Bonchev–Trinajstić information content (AvgIpc) is 2.84. The minimum atomic E-state index is -0.879. The van der Waals surface area contributed by atoms with E-state index < -0.39 is 27.1 Å². The first-order valence-corrected chi connectivity index (χ1v) is 10.2. The number of amides is 1. The molecule has 4 rings (SSSR count). The van der Waals surface area contributed by atoms with Gasteiger partial charge in [0.1, 0.15) is 5.75 Å². The maximum Gasteiger partial charge on any atom is 0.300 e. The van der Waals surface area contributed by atoms with Gasteiger partial charge in [0.15, 0.2) is 5.69 Å². The number of phenols is 1. The molecule has 0 spiro atoms. The summed E-state index contributed by atoms with van der Waals surface area (Å²) in [4.78, 5) is 36.1. The molecule has 0 saturated carbocycles. The van der Waals surface area contributed by atoms with Crippen molar-refractivity contribution in [3.63, 3.8) is 0 Å². The van der Waals surface area contributed by atoms with Gasteiger partial charge in [0, 0.05) is 30.8 Å². The first kappa shape index (κ1) is 22.6. The minimum absolute atomic E-state index is 0.0576. The highest BCUT2D eigenvalue weighted by Crippen LogP contribution is 2.39. The van der Waals surface area contributed by atoms with E-state index in [1.807, 2.05) is 12.1 Å². The van der Waals surface area contributed by atoms with Crippen LogP contribution in [0.4, 0.5) is 17.1 Å². The van der Waals surface area contributed by atoms with Crippen molar-refractivity contribution in [3.8, 4) is 5.75 Å². The summed E-state index contributed by atoms with van der Waals surface area (Å²) < 4.78 is 5.22. The second kappa shape index (κ2) is 9.50. The molecule has 174 valence electrons. The number of nitrogens with zero attached hydrogens (tertiary/aromatic N) is 4.